The summed E-state index contributed by atoms with van der Waals surface area (Å²) in [4.78, 5) is 2.16. The minimum atomic E-state index is -3.44. The monoisotopic (exact) mass is 448 g/mol. The van der Waals surface area contributed by atoms with Crippen LogP contribution >= 0.6 is 0 Å². The Kier molecular flexibility index (Phi) is 7.03. The zero-order chi connectivity index (χ0) is 21.7. The molecular weight excluding hydrogens is 419 g/mol. The second-order valence-corrected chi connectivity index (χ2v) is 10.2. The van der Waals surface area contributed by atoms with Crippen molar-refractivity contribution in [2.24, 2.45) is 0 Å². The number of nitrogens with one attached hydrogen (secondary N) is 1. The molecule has 2 fully saturated rings. The van der Waals surface area contributed by atoms with Crippen LogP contribution in [0.25, 0.3) is 0 Å². The molecule has 0 amide bonds. The van der Waals surface area contributed by atoms with Gasteiger partial charge in [0.15, 0.2) is 0 Å². The van der Waals surface area contributed by atoms with Gasteiger partial charge in [-0.15, -0.1) is 0 Å². The Hall–Kier alpha value is -1.84. The second-order valence-electron chi connectivity index (χ2n) is 8.41. The topological polar surface area (TPSA) is 67.9 Å². The minimum Gasteiger partial charge on any atom is -0.377 e. The average Bonchev–Trinajstić information content (AvgIpc) is 3.03. The molecule has 1 spiro atoms. The highest BCUT2D eigenvalue weighted by molar-refractivity contribution is 7.88. The molecule has 2 aromatic rings. The van der Waals surface area contributed by atoms with E-state index in [9.17, 15) is 12.8 Å². The zero-order valence-electron chi connectivity index (χ0n) is 17.5. The van der Waals surface area contributed by atoms with E-state index in [1.165, 1.54) is 6.07 Å². The molecule has 0 unspecified atom stereocenters. The van der Waals surface area contributed by atoms with Crippen LogP contribution in [0, 0.1) is 5.82 Å². The van der Waals surface area contributed by atoms with Gasteiger partial charge in [-0.1, -0.05) is 48.5 Å². The van der Waals surface area contributed by atoms with Crippen LogP contribution in [0.3, 0.4) is 0 Å². The highest BCUT2D eigenvalue weighted by Crippen LogP contribution is 2.33. The lowest BCUT2D eigenvalue weighted by Crippen LogP contribution is -2.45. The molecule has 0 radical (unpaired) electrons. The molecule has 0 aliphatic carbocycles. The van der Waals surface area contributed by atoms with Crippen molar-refractivity contribution in [2.45, 2.75) is 36.8 Å². The van der Waals surface area contributed by atoms with Crippen LogP contribution in [0.15, 0.2) is 54.6 Å². The Balaban J connectivity index is 1.33. The lowest BCUT2D eigenvalue weighted by atomic mass is 10.00. The third-order valence-corrected chi connectivity index (χ3v) is 7.17. The van der Waals surface area contributed by atoms with Crippen LogP contribution in [-0.2, 0) is 31.8 Å². The third kappa shape index (κ3) is 6.11. The molecule has 31 heavy (non-hydrogen) atoms. The maximum Gasteiger partial charge on any atom is 0.215 e. The molecule has 2 aromatic carbocycles. The molecular formula is C23H29FN2O4S. The molecule has 168 valence electrons. The van der Waals surface area contributed by atoms with E-state index in [0.717, 1.165) is 18.4 Å². The van der Waals surface area contributed by atoms with E-state index in [1.807, 2.05) is 24.3 Å². The van der Waals surface area contributed by atoms with Crippen molar-refractivity contribution in [1.29, 1.82) is 0 Å². The maximum atomic E-state index is 14.1. The summed E-state index contributed by atoms with van der Waals surface area (Å²) in [6.07, 6.45) is 1.33. The van der Waals surface area contributed by atoms with Crippen LogP contribution in [0.4, 0.5) is 4.39 Å². The van der Waals surface area contributed by atoms with Crippen molar-refractivity contribution in [3.63, 3.8) is 0 Å². The Morgan fingerprint density at radius 2 is 1.90 bits per heavy atom. The van der Waals surface area contributed by atoms with Crippen molar-refractivity contribution >= 4 is 10.0 Å². The molecule has 0 bridgehead atoms. The van der Waals surface area contributed by atoms with Crippen molar-refractivity contribution in [3.8, 4) is 0 Å². The molecule has 0 aromatic heterocycles. The molecule has 2 heterocycles. The Morgan fingerprint density at radius 1 is 1.13 bits per heavy atom. The van der Waals surface area contributed by atoms with Gasteiger partial charge >= 0.3 is 0 Å². The van der Waals surface area contributed by atoms with Gasteiger partial charge < -0.3 is 9.47 Å². The normalized spacial score (nSPS) is 25.0. The Labute approximate surface area is 183 Å². The van der Waals surface area contributed by atoms with Gasteiger partial charge in [-0.2, -0.15) is 0 Å². The summed E-state index contributed by atoms with van der Waals surface area (Å²) in [5.74, 6) is -0.259. The van der Waals surface area contributed by atoms with Gasteiger partial charge in [-0.25, -0.2) is 17.5 Å². The lowest BCUT2D eigenvalue weighted by Gasteiger charge is -2.32. The Bertz CT molecular complexity index is 973. The van der Waals surface area contributed by atoms with E-state index in [1.54, 1.807) is 24.3 Å². The largest absolute Gasteiger partial charge is 0.377 e. The first-order valence-electron chi connectivity index (χ1n) is 10.7. The zero-order valence-corrected chi connectivity index (χ0v) is 18.3. The summed E-state index contributed by atoms with van der Waals surface area (Å²) >= 11 is 0. The summed E-state index contributed by atoms with van der Waals surface area (Å²) in [7, 11) is -3.44. The van der Waals surface area contributed by atoms with Crippen LogP contribution < -0.4 is 4.72 Å². The number of ether oxygens (including phenoxy) is 2. The molecule has 6 nitrogen and oxygen atoms in total. The van der Waals surface area contributed by atoms with E-state index < -0.39 is 15.6 Å². The van der Waals surface area contributed by atoms with Crippen molar-refractivity contribution in [1.82, 2.24) is 9.62 Å². The van der Waals surface area contributed by atoms with Gasteiger partial charge in [0.25, 0.3) is 0 Å². The van der Waals surface area contributed by atoms with E-state index in [-0.39, 0.29) is 24.2 Å². The summed E-state index contributed by atoms with van der Waals surface area (Å²) in [6.45, 7) is 3.10. The van der Waals surface area contributed by atoms with E-state index >= 15 is 0 Å². The Morgan fingerprint density at radius 3 is 2.71 bits per heavy atom. The number of nitrogens with zero attached hydrogens (tertiary/aromatic N) is 1. The molecule has 2 atom stereocenters. The predicted octanol–water partition coefficient (Wildman–Crippen LogP) is 2.70. The molecule has 4 rings (SSSR count). The van der Waals surface area contributed by atoms with Crippen molar-refractivity contribution in [2.75, 3.05) is 32.8 Å². The fraction of sp³-hybridized carbons (Fsp3) is 0.478. The van der Waals surface area contributed by atoms with Gasteiger partial charge in [-0.05, 0) is 24.5 Å². The van der Waals surface area contributed by atoms with Crippen LogP contribution in [0.5, 0.6) is 0 Å². The number of hydrogen-bond acceptors (Lipinski definition) is 5. The molecule has 1 N–H and O–H groups in total. The van der Waals surface area contributed by atoms with Gasteiger partial charge in [-0.3, -0.25) is 4.90 Å². The predicted molar refractivity (Wildman–Crippen MR) is 116 cm³/mol. The number of benzene rings is 2. The summed E-state index contributed by atoms with van der Waals surface area (Å²) in [5.41, 5.74) is 0.916. The number of halogens is 1. The van der Waals surface area contributed by atoms with Gasteiger partial charge in [0.1, 0.15) is 11.4 Å². The van der Waals surface area contributed by atoms with Gasteiger partial charge in [0.05, 0.1) is 25.1 Å². The van der Waals surface area contributed by atoms with Crippen LogP contribution in [0.2, 0.25) is 0 Å². The SMILES string of the molecule is O=S(=O)(Cc1ccccc1)NC[C@@H]1CC[C@@]2(COCCN(Cc3ccccc3F)C2)O1. The van der Waals surface area contributed by atoms with Crippen LogP contribution in [-0.4, -0.2) is 57.9 Å². The molecule has 2 saturated heterocycles. The minimum absolute atomic E-state index is 0.0504. The number of sulfonamides is 1. The lowest BCUT2D eigenvalue weighted by molar-refractivity contribution is -0.0844. The van der Waals surface area contributed by atoms with Crippen molar-refractivity contribution in [3.05, 3.63) is 71.5 Å². The summed E-state index contributed by atoms with van der Waals surface area (Å²) < 4.78 is 53.8. The number of rotatable bonds is 7. The first kappa shape index (κ1) is 22.4. The summed E-state index contributed by atoms with van der Waals surface area (Å²) in [6, 6.07) is 15.9. The maximum absolute atomic E-state index is 14.1. The smallest absolute Gasteiger partial charge is 0.215 e. The second kappa shape index (κ2) is 9.75. The quantitative estimate of drug-likeness (QED) is 0.706. The summed E-state index contributed by atoms with van der Waals surface area (Å²) in [5, 5.41) is 0. The standard InChI is InChI=1S/C23H29FN2O4S/c24-22-9-5-4-8-20(22)15-26-12-13-29-18-23(17-26)11-10-21(30-23)14-25-31(27,28)16-19-6-2-1-3-7-19/h1-9,21,25H,10-18H2/t21-,23+/m0/s1. The number of hydrogen-bond donors (Lipinski definition) is 1. The van der Waals surface area contributed by atoms with E-state index in [2.05, 4.69) is 9.62 Å². The first-order chi connectivity index (χ1) is 14.9. The van der Waals surface area contributed by atoms with E-state index in [4.69, 9.17) is 9.47 Å². The highest BCUT2D eigenvalue weighted by Gasteiger charge is 2.43. The molecule has 2 aliphatic rings. The fourth-order valence-corrected chi connectivity index (χ4v) is 5.49. The molecule has 8 heteroatoms. The van der Waals surface area contributed by atoms with Gasteiger partial charge in [0.2, 0.25) is 10.0 Å². The van der Waals surface area contributed by atoms with Gasteiger partial charge in [0, 0.05) is 31.7 Å². The molecule has 2 aliphatic heterocycles. The fourth-order valence-electron chi connectivity index (χ4n) is 4.31. The average molecular weight is 449 g/mol. The van der Waals surface area contributed by atoms with E-state index in [0.29, 0.717) is 38.4 Å². The highest BCUT2D eigenvalue weighted by atomic mass is 32.2. The molecule has 0 saturated carbocycles. The first-order valence-corrected chi connectivity index (χ1v) is 12.3. The van der Waals surface area contributed by atoms with Crippen molar-refractivity contribution < 1.29 is 22.3 Å². The third-order valence-electron chi connectivity index (χ3n) is 5.85. The van der Waals surface area contributed by atoms with Crippen LogP contribution in [0.1, 0.15) is 24.0 Å².